The van der Waals surface area contributed by atoms with Crippen LogP contribution < -0.4 is 5.32 Å². The van der Waals surface area contributed by atoms with Crippen LogP contribution in [0, 0.1) is 0 Å². The van der Waals surface area contributed by atoms with E-state index < -0.39 is 0 Å². The Bertz CT molecular complexity index is 1120. The Labute approximate surface area is 157 Å². The van der Waals surface area contributed by atoms with Gasteiger partial charge < -0.3 is 10.3 Å². The summed E-state index contributed by atoms with van der Waals surface area (Å²) >= 11 is 0. The van der Waals surface area contributed by atoms with Crippen LogP contribution in [0.5, 0.6) is 0 Å². The van der Waals surface area contributed by atoms with E-state index in [2.05, 4.69) is 21.5 Å². The van der Waals surface area contributed by atoms with Crippen LogP contribution in [0.15, 0.2) is 60.8 Å². The molecular weight excluding hydrogens is 336 g/mol. The Morgan fingerprint density at radius 3 is 2.74 bits per heavy atom. The number of amides is 1. The van der Waals surface area contributed by atoms with Crippen molar-refractivity contribution in [2.45, 2.75) is 25.7 Å². The van der Waals surface area contributed by atoms with E-state index in [1.165, 1.54) is 29.5 Å². The van der Waals surface area contributed by atoms with Gasteiger partial charge in [0.05, 0.1) is 16.8 Å². The maximum atomic E-state index is 12.9. The molecule has 1 aliphatic carbocycles. The zero-order valence-electron chi connectivity index (χ0n) is 14.9. The molecule has 1 aliphatic rings. The van der Waals surface area contributed by atoms with Gasteiger partial charge in [0.15, 0.2) is 5.82 Å². The average Bonchev–Trinajstić information content (AvgIpc) is 3.33. The van der Waals surface area contributed by atoms with E-state index >= 15 is 0 Å². The fraction of sp³-hybridized carbons (Fsp3) is 0.182. The fourth-order valence-electron chi connectivity index (χ4n) is 3.92. The van der Waals surface area contributed by atoms with Crippen molar-refractivity contribution in [3.63, 3.8) is 0 Å². The van der Waals surface area contributed by atoms with Crippen molar-refractivity contribution in [1.29, 1.82) is 0 Å². The molecule has 27 heavy (non-hydrogen) atoms. The summed E-state index contributed by atoms with van der Waals surface area (Å²) in [5.41, 5.74) is 5.21. The van der Waals surface area contributed by atoms with Crippen molar-refractivity contribution in [1.82, 2.24) is 14.8 Å². The van der Waals surface area contributed by atoms with Crippen molar-refractivity contribution in [3.05, 3.63) is 77.6 Å². The lowest BCUT2D eigenvalue weighted by Crippen LogP contribution is -2.13. The average molecular weight is 356 g/mol. The molecule has 2 aromatic heterocycles. The van der Waals surface area contributed by atoms with Gasteiger partial charge in [0.2, 0.25) is 0 Å². The van der Waals surface area contributed by atoms with E-state index in [0.717, 1.165) is 24.0 Å². The highest BCUT2D eigenvalue weighted by Gasteiger charge is 2.19. The Balaban J connectivity index is 1.45. The first-order valence-electron chi connectivity index (χ1n) is 9.34. The van der Waals surface area contributed by atoms with Crippen molar-refractivity contribution in [3.8, 4) is 5.69 Å². The van der Waals surface area contributed by atoms with Gasteiger partial charge in [0.25, 0.3) is 5.91 Å². The second-order valence-electron chi connectivity index (χ2n) is 6.95. The van der Waals surface area contributed by atoms with Crippen LogP contribution in [0.1, 0.15) is 34.5 Å². The van der Waals surface area contributed by atoms with Gasteiger partial charge in [-0.2, -0.15) is 5.10 Å². The number of benzene rings is 2. The number of nitrogens with one attached hydrogen (secondary N) is 2. The van der Waals surface area contributed by atoms with Crippen LogP contribution in [0.2, 0.25) is 0 Å². The molecule has 5 heteroatoms. The van der Waals surface area contributed by atoms with E-state index in [9.17, 15) is 4.79 Å². The van der Waals surface area contributed by atoms with Crippen molar-refractivity contribution >= 4 is 22.6 Å². The third kappa shape index (κ3) is 2.81. The number of anilines is 1. The van der Waals surface area contributed by atoms with Crippen LogP contribution in [-0.4, -0.2) is 20.7 Å². The molecule has 0 saturated carbocycles. The predicted molar refractivity (Wildman–Crippen MR) is 106 cm³/mol. The highest BCUT2D eigenvalue weighted by molar-refractivity contribution is 6.12. The summed E-state index contributed by atoms with van der Waals surface area (Å²) in [7, 11) is 0. The minimum Gasteiger partial charge on any atom is -0.358 e. The number of aryl methyl sites for hydroxylation is 2. The molecular formula is C22H20N4O. The van der Waals surface area contributed by atoms with Crippen LogP contribution in [0.3, 0.4) is 0 Å². The SMILES string of the molecule is O=C(Nc1ccn(-c2ccccc2)n1)c1cccc2c3c([nH]c12)CCCC3. The first-order valence-corrected chi connectivity index (χ1v) is 9.34. The summed E-state index contributed by atoms with van der Waals surface area (Å²) in [5, 5.41) is 8.57. The Morgan fingerprint density at radius 1 is 1.00 bits per heavy atom. The Hall–Kier alpha value is -3.34. The van der Waals surface area contributed by atoms with E-state index in [1.807, 2.05) is 54.7 Å². The second kappa shape index (κ2) is 6.43. The largest absolute Gasteiger partial charge is 0.358 e. The van der Waals surface area contributed by atoms with Gasteiger partial charge in [-0.05, 0) is 49.4 Å². The number of nitrogens with zero attached hydrogens (tertiary/aromatic N) is 2. The van der Waals surface area contributed by atoms with Gasteiger partial charge >= 0.3 is 0 Å². The molecule has 0 saturated heterocycles. The molecule has 0 bridgehead atoms. The lowest BCUT2D eigenvalue weighted by Gasteiger charge is -2.10. The van der Waals surface area contributed by atoms with E-state index in [-0.39, 0.29) is 5.91 Å². The number of hydrogen-bond acceptors (Lipinski definition) is 2. The molecule has 0 radical (unpaired) electrons. The number of aromatic nitrogens is 3. The van der Waals surface area contributed by atoms with Gasteiger partial charge in [-0.1, -0.05) is 30.3 Å². The zero-order chi connectivity index (χ0) is 18.2. The molecule has 0 spiro atoms. The van der Waals surface area contributed by atoms with Gasteiger partial charge in [0.1, 0.15) is 0 Å². The highest BCUT2D eigenvalue weighted by atomic mass is 16.1. The third-order valence-electron chi connectivity index (χ3n) is 5.23. The number of rotatable bonds is 3. The van der Waals surface area contributed by atoms with Crippen molar-refractivity contribution in [2.24, 2.45) is 0 Å². The molecule has 2 N–H and O–H groups in total. The summed E-state index contributed by atoms with van der Waals surface area (Å²) in [6.45, 7) is 0. The van der Waals surface area contributed by atoms with E-state index in [4.69, 9.17) is 0 Å². The van der Waals surface area contributed by atoms with Gasteiger partial charge in [-0.3, -0.25) is 4.79 Å². The first-order chi connectivity index (χ1) is 13.3. The molecule has 5 rings (SSSR count). The molecule has 0 aliphatic heterocycles. The molecule has 4 aromatic rings. The minimum atomic E-state index is -0.141. The normalized spacial score (nSPS) is 13.5. The summed E-state index contributed by atoms with van der Waals surface area (Å²) in [6.07, 6.45) is 6.42. The van der Waals surface area contributed by atoms with Crippen LogP contribution in [-0.2, 0) is 12.8 Å². The monoisotopic (exact) mass is 356 g/mol. The molecule has 5 nitrogen and oxygen atoms in total. The number of carbonyl (C=O) groups is 1. The molecule has 2 heterocycles. The lowest BCUT2D eigenvalue weighted by atomic mass is 9.95. The summed E-state index contributed by atoms with van der Waals surface area (Å²) in [4.78, 5) is 16.4. The lowest BCUT2D eigenvalue weighted by molar-refractivity contribution is 0.102. The molecule has 2 aromatic carbocycles. The number of carbonyl (C=O) groups excluding carboxylic acids is 1. The maximum Gasteiger partial charge on any atom is 0.258 e. The second-order valence-corrected chi connectivity index (χ2v) is 6.95. The minimum absolute atomic E-state index is 0.141. The number of H-pyrrole nitrogens is 1. The molecule has 134 valence electrons. The Kier molecular flexibility index (Phi) is 3.78. The Morgan fingerprint density at radius 2 is 1.85 bits per heavy atom. The molecule has 0 fully saturated rings. The number of aromatic amines is 1. The van der Waals surface area contributed by atoms with Crippen molar-refractivity contribution in [2.75, 3.05) is 5.32 Å². The maximum absolute atomic E-state index is 12.9. The third-order valence-corrected chi connectivity index (χ3v) is 5.23. The van der Waals surface area contributed by atoms with Crippen molar-refractivity contribution < 1.29 is 4.79 Å². The quantitative estimate of drug-likeness (QED) is 0.568. The van der Waals surface area contributed by atoms with Gasteiger partial charge in [-0.15, -0.1) is 0 Å². The smallest absolute Gasteiger partial charge is 0.258 e. The summed E-state index contributed by atoms with van der Waals surface area (Å²) < 4.78 is 1.75. The molecule has 0 atom stereocenters. The molecule has 1 amide bonds. The standard InChI is InChI=1S/C22H20N4O/c27-22(24-20-13-14-26(25-20)15-7-2-1-3-8-15)18-11-6-10-17-16-9-4-5-12-19(16)23-21(17)18/h1-3,6-8,10-11,13-14,23H,4-5,9,12H2,(H,24,25,27). The fourth-order valence-corrected chi connectivity index (χ4v) is 3.92. The van der Waals surface area contributed by atoms with Crippen LogP contribution >= 0.6 is 0 Å². The molecule has 0 unspecified atom stereocenters. The van der Waals surface area contributed by atoms with Gasteiger partial charge in [-0.25, -0.2) is 4.68 Å². The highest BCUT2D eigenvalue weighted by Crippen LogP contribution is 2.31. The number of hydrogen-bond donors (Lipinski definition) is 2. The topological polar surface area (TPSA) is 62.7 Å². The first kappa shape index (κ1) is 15.9. The predicted octanol–water partition coefficient (Wildman–Crippen LogP) is 4.48. The zero-order valence-corrected chi connectivity index (χ0v) is 14.9. The van der Waals surface area contributed by atoms with E-state index in [1.54, 1.807) is 4.68 Å². The van der Waals surface area contributed by atoms with Crippen LogP contribution in [0.4, 0.5) is 5.82 Å². The summed E-state index contributed by atoms with van der Waals surface area (Å²) in [5.74, 6) is 0.398. The van der Waals surface area contributed by atoms with Crippen LogP contribution in [0.25, 0.3) is 16.6 Å². The van der Waals surface area contributed by atoms with Gasteiger partial charge in [0, 0.05) is 23.3 Å². The van der Waals surface area contributed by atoms with E-state index in [0.29, 0.717) is 11.4 Å². The number of para-hydroxylation sites is 2. The number of fused-ring (bicyclic) bond motifs is 3. The summed E-state index contributed by atoms with van der Waals surface area (Å²) in [6, 6.07) is 17.6.